The van der Waals surface area contributed by atoms with Gasteiger partial charge in [0, 0.05) is 6.04 Å². The van der Waals surface area contributed by atoms with Crippen LogP contribution in [-0.4, -0.2) is 24.8 Å². The Morgan fingerprint density at radius 3 is 2.41 bits per heavy atom. The van der Waals surface area contributed by atoms with Crippen LogP contribution in [0.4, 0.5) is 0 Å². The monoisotopic (exact) mass is 366 g/mol. The maximum Gasteiger partial charge on any atom is 0.260 e. The molecule has 1 N–H and O–H groups in total. The van der Waals surface area contributed by atoms with Gasteiger partial charge in [0.1, 0.15) is 0 Å². The van der Waals surface area contributed by atoms with Gasteiger partial charge in [-0.3, -0.25) is 4.79 Å². The lowest BCUT2D eigenvalue weighted by molar-refractivity contribution is -0.126. The summed E-state index contributed by atoms with van der Waals surface area (Å²) in [6.07, 6.45) is 3.45. The van der Waals surface area contributed by atoms with Gasteiger partial charge >= 0.3 is 0 Å². The van der Waals surface area contributed by atoms with E-state index in [9.17, 15) is 4.79 Å². The Morgan fingerprint density at radius 1 is 1.11 bits per heavy atom. The first-order chi connectivity index (χ1) is 12.8. The van der Waals surface area contributed by atoms with Gasteiger partial charge in [0.05, 0.1) is 6.21 Å². The highest BCUT2D eigenvalue weighted by molar-refractivity contribution is 5.80. The van der Waals surface area contributed by atoms with Crippen molar-refractivity contribution in [3.63, 3.8) is 0 Å². The fourth-order valence-corrected chi connectivity index (χ4v) is 2.68. The van der Waals surface area contributed by atoms with Crippen LogP contribution in [0.5, 0.6) is 0 Å². The van der Waals surface area contributed by atoms with Gasteiger partial charge in [-0.2, -0.15) is 0 Å². The van der Waals surface area contributed by atoms with E-state index >= 15 is 0 Å². The second kappa shape index (κ2) is 9.91. The molecule has 27 heavy (non-hydrogen) atoms. The summed E-state index contributed by atoms with van der Waals surface area (Å²) in [6, 6.07) is 18.5. The summed E-state index contributed by atoms with van der Waals surface area (Å²) in [7, 11) is 0. The first kappa shape index (κ1) is 20.7. The summed E-state index contributed by atoms with van der Waals surface area (Å²) in [4.78, 5) is 17.0. The third kappa shape index (κ3) is 7.65. The summed E-state index contributed by atoms with van der Waals surface area (Å²) in [5.41, 5.74) is 3.61. The first-order valence-electron chi connectivity index (χ1n) is 9.44. The molecule has 0 aliphatic heterocycles. The molecule has 0 heterocycles. The molecule has 0 aromatic heterocycles. The number of oxime groups is 1. The minimum atomic E-state index is -0.157. The van der Waals surface area contributed by atoms with Crippen LogP contribution in [0.2, 0.25) is 0 Å². The highest BCUT2D eigenvalue weighted by atomic mass is 16.6. The van der Waals surface area contributed by atoms with Crippen LogP contribution < -0.4 is 5.32 Å². The third-order valence-electron chi connectivity index (χ3n) is 4.36. The van der Waals surface area contributed by atoms with Crippen LogP contribution in [-0.2, 0) is 21.5 Å². The van der Waals surface area contributed by atoms with E-state index in [0.29, 0.717) is 0 Å². The van der Waals surface area contributed by atoms with Crippen molar-refractivity contribution in [2.75, 3.05) is 6.61 Å². The van der Waals surface area contributed by atoms with Crippen LogP contribution in [0.25, 0.3) is 0 Å². The zero-order chi connectivity index (χ0) is 19.7. The summed E-state index contributed by atoms with van der Waals surface area (Å²) in [6.45, 7) is 8.46. The van der Waals surface area contributed by atoms with Gasteiger partial charge in [0.15, 0.2) is 6.61 Å². The predicted molar refractivity (Wildman–Crippen MR) is 111 cm³/mol. The summed E-state index contributed by atoms with van der Waals surface area (Å²) < 4.78 is 0. The minimum Gasteiger partial charge on any atom is -0.386 e. The average Bonchev–Trinajstić information content (AvgIpc) is 2.64. The molecule has 2 rings (SSSR count). The van der Waals surface area contributed by atoms with E-state index in [-0.39, 0.29) is 24.0 Å². The maximum atomic E-state index is 11.9. The summed E-state index contributed by atoms with van der Waals surface area (Å²) >= 11 is 0. The fraction of sp³-hybridized carbons (Fsp3) is 0.391. The van der Waals surface area contributed by atoms with Crippen LogP contribution in [0.3, 0.4) is 0 Å². The molecule has 0 aliphatic rings. The Labute approximate surface area is 162 Å². The quantitative estimate of drug-likeness (QED) is 0.553. The molecule has 0 unspecified atom stereocenters. The smallest absolute Gasteiger partial charge is 0.260 e. The standard InChI is InChI=1S/C23H30N2O2/c1-18(10-11-19-8-6-5-7-9-19)25-22(26)17-27-24-16-20-12-14-21(15-13-20)23(2,3)4/h5-9,12-16,18H,10-11,17H2,1-4H3,(H,25,26)/b24-16-/t18-/m1/s1. The van der Waals surface area contributed by atoms with Crippen molar-refractivity contribution in [1.82, 2.24) is 5.32 Å². The maximum absolute atomic E-state index is 11.9. The van der Waals surface area contributed by atoms with E-state index in [4.69, 9.17) is 4.84 Å². The van der Waals surface area contributed by atoms with Gasteiger partial charge in [0.2, 0.25) is 0 Å². The van der Waals surface area contributed by atoms with Crippen LogP contribution in [0, 0.1) is 0 Å². The van der Waals surface area contributed by atoms with Gasteiger partial charge in [0.25, 0.3) is 5.91 Å². The third-order valence-corrected chi connectivity index (χ3v) is 4.36. The van der Waals surface area contributed by atoms with Gasteiger partial charge in [-0.05, 0) is 41.9 Å². The fourth-order valence-electron chi connectivity index (χ4n) is 2.68. The number of carbonyl (C=O) groups excluding carboxylic acids is 1. The lowest BCUT2D eigenvalue weighted by Gasteiger charge is -2.18. The Hall–Kier alpha value is -2.62. The van der Waals surface area contributed by atoms with E-state index in [1.54, 1.807) is 6.21 Å². The number of hydrogen-bond donors (Lipinski definition) is 1. The largest absolute Gasteiger partial charge is 0.386 e. The number of benzene rings is 2. The van der Waals surface area contributed by atoms with E-state index in [0.717, 1.165) is 18.4 Å². The number of hydrogen-bond acceptors (Lipinski definition) is 3. The molecule has 0 saturated heterocycles. The SMILES string of the molecule is C[C@H](CCc1ccccc1)NC(=O)CO/N=C\c1ccc(C(C)(C)C)cc1. The Morgan fingerprint density at radius 2 is 1.78 bits per heavy atom. The zero-order valence-electron chi connectivity index (χ0n) is 16.7. The molecular formula is C23H30N2O2. The van der Waals surface area contributed by atoms with E-state index in [1.165, 1.54) is 11.1 Å². The number of carbonyl (C=O) groups is 1. The topological polar surface area (TPSA) is 50.7 Å². The molecule has 1 amide bonds. The minimum absolute atomic E-state index is 0.0771. The molecule has 0 bridgehead atoms. The van der Waals surface area contributed by atoms with Gasteiger partial charge in [-0.1, -0.05) is 80.5 Å². The van der Waals surface area contributed by atoms with E-state index in [1.807, 2.05) is 37.3 Å². The Kier molecular flexibility index (Phi) is 7.59. The molecule has 1 atom stereocenters. The molecule has 144 valence electrons. The van der Waals surface area contributed by atoms with Crippen LogP contribution >= 0.6 is 0 Å². The van der Waals surface area contributed by atoms with Crippen LogP contribution in [0.1, 0.15) is 50.8 Å². The van der Waals surface area contributed by atoms with E-state index < -0.39 is 0 Å². The van der Waals surface area contributed by atoms with Gasteiger partial charge in [-0.15, -0.1) is 0 Å². The van der Waals surface area contributed by atoms with E-state index in [2.05, 4.69) is 55.5 Å². The molecule has 0 radical (unpaired) electrons. The van der Waals surface area contributed by atoms with Crippen molar-refractivity contribution in [3.05, 3.63) is 71.3 Å². The second-order valence-electron chi connectivity index (χ2n) is 7.87. The number of amides is 1. The molecule has 0 aliphatic carbocycles. The Balaban J connectivity index is 1.68. The highest BCUT2D eigenvalue weighted by Crippen LogP contribution is 2.21. The number of aryl methyl sites for hydroxylation is 1. The average molecular weight is 367 g/mol. The second-order valence-corrected chi connectivity index (χ2v) is 7.87. The molecule has 0 spiro atoms. The van der Waals surface area contributed by atoms with Crippen molar-refractivity contribution in [2.45, 2.75) is 52.0 Å². The lowest BCUT2D eigenvalue weighted by Crippen LogP contribution is -2.35. The first-order valence-corrected chi connectivity index (χ1v) is 9.44. The molecule has 2 aromatic carbocycles. The number of nitrogens with zero attached hydrogens (tertiary/aromatic N) is 1. The summed E-state index contributed by atoms with van der Waals surface area (Å²) in [5.74, 6) is -0.157. The van der Waals surface area contributed by atoms with Gasteiger partial charge in [-0.25, -0.2) is 0 Å². The van der Waals surface area contributed by atoms with Gasteiger partial charge < -0.3 is 10.2 Å². The number of nitrogens with one attached hydrogen (secondary N) is 1. The van der Waals surface area contributed by atoms with Crippen molar-refractivity contribution >= 4 is 12.1 Å². The van der Waals surface area contributed by atoms with Crippen LogP contribution in [0.15, 0.2) is 59.8 Å². The zero-order valence-corrected chi connectivity index (χ0v) is 16.7. The van der Waals surface area contributed by atoms with Crippen molar-refractivity contribution < 1.29 is 9.63 Å². The molecular weight excluding hydrogens is 336 g/mol. The predicted octanol–water partition coefficient (Wildman–Crippen LogP) is 4.47. The molecule has 0 fully saturated rings. The molecule has 4 nitrogen and oxygen atoms in total. The molecule has 0 saturated carbocycles. The lowest BCUT2D eigenvalue weighted by atomic mass is 9.87. The Bertz CT molecular complexity index is 731. The van der Waals surface area contributed by atoms with Crippen molar-refractivity contribution in [1.29, 1.82) is 0 Å². The highest BCUT2D eigenvalue weighted by Gasteiger charge is 2.12. The molecule has 2 aromatic rings. The molecule has 4 heteroatoms. The normalized spacial score (nSPS) is 12.7. The van der Waals surface area contributed by atoms with Crippen molar-refractivity contribution in [3.8, 4) is 0 Å². The van der Waals surface area contributed by atoms with Crippen molar-refractivity contribution in [2.24, 2.45) is 5.16 Å². The summed E-state index contributed by atoms with van der Waals surface area (Å²) in [5, 5.41) is 6.82. The number of rotatable bonds is 8.